The molecule has 0 aliphatic carbocycles. The van der Waals surface area contributed by atoms with Gasteiger partial charge in [-0.2, -0.15) is 0 Å². The highest BCUT2D eigenvalue weighted by Gasteiger charge is 2.36. The topological polar surface area (TPSA) is 110 Å². The zero-order chi connectivity index (χ0) is 21.2. The third kappa shape index (κ3) is 6.06. The highest BCUT2D eigenvalue weighted by Crippen LogP contribution is 2.28. The van der Waals surface area contributed by atoms with Crippen LogP contribution in [0.25, 0.3) is 0 Å². The van der Waals surface area contributed by atoms with Crippen LogP contribution in [0.5, 0.6) is 0 Å². The number of primary amides is 1. The average Bonchev–Trinajstić information content (AvgIpc) is 3.04. The molecule has 1 unspecified atom stereocenters. The van der Waals surface area contributed by atoms with Crippen LogP contribution >= 0.6 is 0 Å². The van der Waals surface area contributed by atoms with Crippen LogP contribution < -0.4 is 5.73 Å². The molecule has 3 N–H and O–H groups in total. The fraction of sp³-hybridized carbons (Fsp3) is 0.500. The number of unbranched alkanes of at least 4 members (excludes halogenated alkanes) is 4. The Hall–Kier alpha value is -2.85. The molecule has 0 spiro atoms. The Morgan fingerprint density at radius 1 is 1.28 bits per heavy atom. The van der Waals surface area contributed by atoms with Crippen LogP contribution in [0.4, 0.5) is 0 Å². The van der Waals surface area contributed by atoms with E-state index in [1.807, 2.05) is 6.07 Å². The van der Waals surface area contributed by atoms with Gasteiger partial charge in [0.2, 0.25) is 5.91 Å². The highest BCUT2D eigenvalue weighted by molar-refractivity contribution is 6.01. The van der Waals surface area contributed by atoms with E-state index >= 15 is 0 Å². The molecule has 2 amide bonds. The molecule has 0 radical (unpaired) electrons. The molecule has 0 fully saturated rings. The molecule has 2 rings (SSSR count). The van der Waals surface area contributed by atoms with E-state index in [2.05, 4.69) is 16.6 Å². The van der Waals surface area contributed by atoms with Crippen molar-refractivity contribution in [3.8, 4) is 11.8 Å². The first-order chi connectivity index (χ1) is 14.0. The van der Waals surface area contributed by atoms with Gasteiger partial charge in [-0.05, 0) is 37.0 Å². The number of nitrogens with two attached hydrogens (primary N) is 1. The summed E-state index contributed by atoms with van der Waals surface area (Å²) in [4.78, 5) is 37.6. The Morgan fingerprint density at radius 3 is 2.72 bits per heavy atom. The second-order valence-corrected chi connectivity index (χ2v) is 6.99. The molecule has 1 aliphatic heterocycles. The predicted molar refractivity (Wildman–Crippen MR) is 108 cm³/mol. The van der Waals surface area contributed by atoms with Crippen LogP contribution in [0.2, 0.25) is 0 Å². The molecule has 29 heavy (non-hydrogen) atoms. The summed E-state index contributed by atoms with van der Waals surface area (Å²) in [5, 5.41) is 8.79. The Morgan fingerprint density at radius 2 is 2.03 bits per heavy atom. The Balaban J connectivity index is 2.08. The van der Waals surface area contributed by atoms with E-state index < -0.39 is 17.9 Å². The molecule has 0 aromatic heterocycles. The van der Waals surface area contributed by atoms with E-state index in [1.165, 1.54) is 12.0 Å². The fourth-order valence-electron chi connectivity index (χ4n) is 3.37. The number of fused-ring (bicyclic) bond motifs is 1. The molecule has 7 heteroatoms. The summed E-state index contributed by atoms with van der Waals surface area (Å²) in [5.41, 5.74) is 7.57. The van der Waals surface area contributed by atoms with Gasteiger partial charge in [-0.25, -0.2) is 0 Å². The maximum absolute atomic E-state index is 12.8. The van der Waals surface area contributed by atoms with Gasteiger partial charge in [0.15, 0.2) is 0 Å². The van der Waals surface area contributed by atoms with Crippen molar-refractivity contribution in [2.24, 2.45) is 5.73 Å². The van der Waals surface area contributed by atoms with E-state index in [1.54, 1.807) is 12.1 Å². The van der Waals surface area contributed by atoms with Gasteiger partial charge in [-0.15, -0.1) is 0 Å². The van der Waals surface area contributed by atoms with Crippen molar-refractivity contribution >= 4 is 17.8 Å². The number of esters is 1. The number of ether oxygens (including phenoxy) is 1. The van der Waals surface area contributed by atoms with Crippen LogP contribution in [0.1, 0.15) is 66.4 Å². The molecular formula is C22H28N2O5. The average molecular weight is 400 g/mol. The third-order valence-corrected chi connectivity index (χ3v) is 4.98. The van der Waals surface area contributed by atoms with Crippen LogP contribution in [0.15, 0.2) is 18.2 Å². The van der Waals surface area contributed by atoms with Gasteiger partial charge in [0.25, 0.3) is 5.91 Å². The van der Waals surface area contributed by atoms with Crippen LogP contribution in [-0.4, -0.2) is 47.5 Å². The van der Waals surface area contributed by atoms with Gasteiger partial charge in [0, 0.05) is 37.1 Å². The molecule has 0 saturated heterocycles. The number of hydrogen-bond acceptors (Lipinski definition) is 5. The maximum Gasteiger partial charge on any atom is 0.305 e. The van der Waals surface area contributed by atoms with Crippen LogP contribution in [-0.2, 0) is 20.9 Å². The van der Waals surface area contributed by atoms with Crippen molar-refractivity contribution in [3.05, 3.63) is 34.9 Å². The zero-order valence-electron chi connectivity index (χ0n) is 16.8. The second-order valence-electron chi connectivity index (χ2n) is 6.99. The highest BCUT2D eigenvalue weighted by atomic mass is 16.5. The lowest BCUT2D eigenvalue weighted by atomic mass is 10.0. The zero-order valence-corrected chi connectivity index (χ0v) is 16.8. The summed E-state index contributed by atoms with van der Waals surface area (Å²) in [5.74, 6) is 4.90. The van der Waals surface area contributed by atoms with Crippen molar-refractivity contribution in [1.29, 1.82) is 0 Å². The third-order valence-electron chi connectivity index (χ3n) is 4.98. The summed E-state index contributed by atoms with van der Waals surface area (Å²) in [6.45, 7) is 0.461. The smallest absolute Gasteiger partial charge is 0.305 e. The van der Waals surface area contributed by atoms with E-state index in [-0.39, 0.29) is 31.9 Å². The molecule has 7 nitrogen and oxygen atoms in total. The van der Waals surface area contributed by atoms with Gasteiger partial charge in [0.1, 0.15) is 6.04 Å². The van der Waals surface area contributed by atoms with Gasteiger partial charge < -0.3 is 20.5 Å². The standard InChI is InChI=1S/C22H28N2O5/c1-29-20(26)13-12-19(21(23)27)24-15-18-16(10-8-11-17(18)22(24)28)9-6-4-2-3-5-7-14-25/h8,10-11,19,25H,2-5,7,12-15H2,1H3,(H2,23,27). The molecule has 1 heterocycles. The van der Waals surface area contributed by atoms with Crippen molar-refractivity contribution in [2.75, 3.05) is 13.7 Å². The normalized spacial score (nSPS) is 13.4. The molecule has 0 bridgehead atoms. The summed E-state index contributed by atoms with van der Waals surface area (Å²) in [6, 6.07) is 4.48. The number of benzene rings is 1. The number of rotatable bonds is 10. The van der Waals surface area contributed by atoms with E-state index in [0.717, 1.165) is 43.2 Å². The summed E-state index contributed by atoms with van der Waals surface area (Å²) >= 11 is 0. The number of aliphatic hydroxyl groups excluding tert-OH is 1. The summed E-state index contributed by atoms with van der Waals surface area (Å²) < 4.78 is 4.61. The van der Waals surface area contributed by atoms with Crippen LogP contribution in [0.3, 0.4) is 0 Å². The Bertz CT molecular complexity index is 809. The van der Waals surface area contributed by atoms with Crippen molar-refractivity contribution < 1.29 is 24.2 Å². The van der Waals surface area contributed by atoms with Gasteiger partial charge in [-0.3, -0.25) is 14.4 Å². The predicted octanol–water partition coefficient (Wildman–Crippen LogP) is 1.74. The molecule has 1 aliphatic rings. The SMILES string of the molecule is COC(=O)CCC(C(N)=O)N1Cc2c(C#CCCCCCCO)cccc2C1=O. The maximum atomic E-state index is 12.8. The number of carbonyl (C=O) groups is 3. The van der Waals surface area contributed by atoms with Gasteiger partial charge >= 0.3 is 5.97 Å². The fourth-order valence-corrected chi connectivity index (χ4v) is 3.37. The minimum absolute atomic E-state index is 0.00712. The summed E-state index contributed by atoms with van der Waals surface area (Å²) in [7, 11) is 1.27. The monoisotopic (exact) mass is 400 g/mol. The van der Waals surface area contributed by atoms with E-state index in [0.29, 0.717) is 5.56 Å². The minimum atomic E-state index is -0.874. The number of methoxy groups -OCH3 is 1. The Kier molecular flexibility index (Phi) is 8.68. The molecule has 1 aromatic carbocycles. The van der Waals surface area contributed by atoms with Crippen molar-refractivity contribution in [1.82, 2.24) is 4.90 Å². The molecule has 0 saturated carbocycles. The number of hydrogen-bond donors (Lipinski definition) is 2. The number of aliphatic hydroxyl groups is 1. The largest absolute Gasteiger partial charge is 0.469 e. The molecular weight excluding hydrogens is 372 g/mol. The Labute approximate surface area is 171 Å². The number of amides is 2. The van der Waals surface area contributed by atoms with E-state index in [9.17, 15) is 14.4 Å². The van der Waals surface area contributed by atoms with Crippen molar-refractivity contribution in [2.45, 2.75) is 57.5 Å². The lowest BCUT2D eigenvalue weighted by Crippen LogP contribution is -2.45. The van der Waals surface area contributed by atoms with E-state index in [4.69, 9.17) is 10.8 Å². The minimum Gasteiger partial charge on any atom is -0.469 e. The first-order valence-electron chi connectivity index (χ1n) is 9.88. The second kappa shape index (κ2) is 11.2. The van der Waals surface area contributed by atoms with Crippen LogP contribution in [0, 0.1) is 11.8 Å². The van der Waals surface area contributed by atoms with Gasteiger partial charge in [0.05, 0.1) is 7.11 Å². The molecule has 156 valence electrons. The quantitative estimate of drug-likeness (QED) is 0.353. The lowest BCUT2D eigenvalue weighted by molar-refractivity contribution is -0.141. The van der Waals surface area contributed by atoms with Crippen molar-refractivity contribution in [3.63, 3.8) is 0 Å². The number of nitrogens with zero attached hydrogens (tertiary/aromatic N) is 1. The molecule has 1 aromatic rings. The lowest BCUT2D eigenvalue weighted by Gasteiger charge is -2.24. The number of carbonyl (C=O) groups excluding carboxylic acids is 3. The first kappa shape index (κ1) is 22.4. The van der Waals surface area contributed by atoms with Gasteiger partial charge in [-0.1, -0.05) is 30.7 Å². The molecule has 1 atom stereocenters. The summed E-state index contributed by atoms with van der Waals surface area (Å²) in [6.07, 6.45) is 4.66. The first-order valence-corrected chi connectivity index (χ1v) is 9.88.